The Morgan fingerprint density at radius 3 is 2.63 bits per heavy atom. The summed E-state index contributed by atoms with van der Waals surface area (Å²) in [7, 11) is 0. The SMILES string of the molecule is CC(C)CCCNC(=O)c1nc(C(C)C)ncc1N. The van der Waals surface area contributed by atoms with E-state index in [1.165, 1.54) is 6.20 Å². The molecule has 1 amide bonds. The van der Waals surface area contributed by atoms with Crippen molar-refractivity contribution in [3.8, 4) is 0 Å². The summed E-state index contributed by atoms with van der Waals surface area (Å²) in [5, 5.41) is 2.85. The highest BCUT2D eigenvalue weighted by Crippen LogP contribution is 2.13. The van der Waals surface area contributed by atoms with Gasteiger partial charge in [-0.05, 0) is 18.8 Å². The van der Waals surface area contributed by atoms with E-state index in [-0.39, 0.29) is 17.5 Å². The van der Waals surface area contributed by atoms with Crippen LogP contribution in [-0.4, -0.2) is 22.4 Å². The Hall–Kier alpha value is -1.65. The third-order valence-electron chi connectivity index (χ3n) is 2.81. The van der Waals surface area contributed by atoms with Crippen LogP contribution in [0.25, 0.3) is 0 Å². The molecule has 1 heterocycles. The van der Waals surface area contributed by atoms with E-state index >= 15 is 0 Å². The van der Waals surface area contributed by atoms with Crippen molar-refractivity contribution in [2.24, 2.45) is 5.92 Å². The molecular formula is C14H24N4O. The summed E-state index contributed by atoms with van der Waals surface area (Å²) in [4.78, 5) is 20.4. The maximum absolute atomic E-state index is 12.0. The lowest BCUT2D eigenvalue weighted by atomic mass is 10.1. The van der Waals surface area contributed by atoms with Crippen LogP contribution >= 0.6 is 0 Å². The summed E-state index contributed by atoms with van der Waals surface area (Å²) >= 11 is 0. The lowest BCUT2D eigenvalue weighted by Gasteiger charge is -2.10. The van der Waals surface area contributed by atoms with Crippen molar-refractivity contribution in [2.75, 3.05) is 12.3 Å². The second-order valence-electron chi connectivity index (χ2n) is 5.48. The highest BCUT2D eigenvalue weighted by atomic mass is 16.1. The zero-order valence-electron chi connectivity index (χ0n) is 12.2. The van der Waals surface area contributed by atoms with E-state index in [0.717, 1.165) is 12.8 Å². The second-order valence-corrected chi connectivity index (χ2v) is 5.48. The molecule has 19 heavy (non-hydrogen) atoms. The molecule has 0 aromatic carbocycles. The highest BCUT2D eigenvalue weighted by molar-refractivity contribution is 5.96. The predicted octanol–water partition coefficient (Wildman–Crippen LogP) is 2.35. The van der Waals surface area contributed by atoms with E-state index in [0.29, 0.717) is 24.0 Å². The van der Waals surface area contributed by atoms with Crippen molar-refractivity contribution >= 4 is 11.6 Å². The van der Waals surface area contributed by atoms with Crippen LogP contribution in [0.15, 0.2) is 6.20 Å². The third-order valence-corrected chi connectivity index (χ3v) is 2.81. The van der Waals surface area contributed by atoms with Gasteiger partial charge in [0.2, 0.25) is 0 Å². The number of anilines is 1. The Bertz CT molecular complexity index is 429. The maximum Gasteiger partial charge on any atom is 0.272 e. The molecule has 106 valence electrons. The van der Waals surface area contributed by atoms with Crippen LogP contribution < -0.4 is 11.1 Å². The van der Waals surface area contributed by atoms with Gasteiger partial charge in [-0.25, -0.2) is 9.97 Å². The minimum Gasteiger partial charge on any atom is -0.396 e. The molecule has 5 nitrogen and oxygen atoms in total. The van der Waals surface area contributed by atoms with Gasteiger partial charge in [0.1, 0.15) is 5.82 Å². The minimum absolute atomic E-state index is 0.174. The Labute approximate surface area is 115 Å². The quantitative estimate of drug-likeness (QED) is 0.773. The normalized spacial score (nSPS) is 11.1. The molecule has 0 saturated carbocycles. The van der Waals surface area contributed by atoms with Gasteiger partial charge in [-0.2, -0.15) is 0 Å². The van der Waals surface area contributed by atoms with Crippen molar-refractivity contribution in [1.82, 2.24) is 15.3 Å². The predicted molar refractivity (Wildman–Crippen MR) is 76.9 cm³/mol. The van der Waals surface area contributed by atoms with Gasteiger partial charge < -0.3 is 11.1 Å². The molecule has 0 aliphatic heterocycles. The summed E-state index contributed by atoms with van der Waals surface area (Å²) in [6, 6.07) is 0. The monoisotopic (exact) mass is 264 g/mol. The number of amides is 1. The fourth-order valence-corrected chi connectivity index (χ4v) is 1.66. The Morgan fingerprint density at radius 2 is 2.05 bits per heavy atom. The number of nitrogens with zero attached hydrogens (tertiary/aromatic N) is 2. The Balaban J connectivity index is 2.63. The third kappa shape index (κ3) is 4.85. The molecule has 0 aliphatic rings. The summed E-state index contributed by atoms with van der Waals surface area (Å²) in [5.74, 6) is 1.24. The van der Waals surface area contributed by atoms with Crippen LogP contribution in [0.4, 0.5) is 5.69 Å². The maximum atomic E-state index is 12.0. The lowest BCUT2D eigenvalue weighted by Crippen LogP contribution is -2.27. The second kappa shape index (κ2) is 7.07. The first-order valence-corrected chi connectivity index (χ1v) is 6.82. The number of nitrogens with one attached hydrogen (secondary N) is 1. The van der Waals surface area contributed by atoms with Crippen LogP contribution in [0.5, 0.6) is 0 Å². The largest absolute Gasteiger partial charge is 0.396 e. The van der Waals surface area contributed by atoms with Crippen molar-refractivity contribution < 1.29 is 4.79 Å². The van der Waals surface area contributed by atoms with E-state index in [9.17, 15) is 4.79 Å². The van der Waals surface area contributed by atoms with Gasteiger partial charge in [0, 0.05) is 12.5 Å². The van der Waals surface area contributed by atoms with E-state index in [4.69, 9.17) is 5.73 Å². The van der Waals surface area contributed by atoms with Crippen molar-refractivity contribution in [3.05, 3.63) is 17.7 Å². The molecule has 0 unspecified atom stereocenters. The zero-order valence-corrected chi connectivity index (χ0v) is 12.2. The summed E-state index contributed by atoms with van der Waals surface area (Å²) in [6.07, 6.45) is 3.56. The molecule has 0 aliphatic carbocycles. The topological polar surface area (TPSA) is 80.9 Å². The molecule has 3 N–H and O–H groups in total. The average Bonchev–Trinajstić information content (AvgIpc) is 2.34. The van der Waals surface area contributed by atoms with Crippen LogP contribution in [0.1, 0.15) is 62.8 Å². The van der Waals surface area contributed by atoms with E-state index in [2.05, 4.69) is 29.1 Å². The van der Waals surface area contributed by atoms with E-state index in [1.807, 2.05) is 13.8 Å². The molecule has 1 aromatic rings. The Kier molecular flexibility index (Phi) is 5.73. The molecular weight excluding hydrogens is 240 g/mol. The molecule has 5 heteroatoms. The smallest absolute Gasteiger partial charge is 0.272 e. The van der Waals surface area contributed by atoms with Crippen LogP contribution in [0.2, 0.25) is 0 Å². The van der Waals surface area contributed by atoms with Crippen molar-refractivity contribution in [3.63, 3.8) is 0 Å². The molecule has 1 aromatic heterocycles. The number of nitrogen functional groups attached to an aromatic ring is 1. The molecule has 0 fully saturated rings. The van der Waals surface area contributed by atoms with Gasteiger partial charge in [0.15, 0.2) is 5.69 Å². The van der Waals surface area contributed by atoms with Gasteiger partial charge >= 0.3 is 0 Å². The number of nitrogens with two attached hydrogens (primary N) is 1. The molecule has 1 rings (SSSR count). The first kappa shape index (κ1) is 15.4. The molecule has 0 radical (unpaired) electrons. The van der Waals surface area contributed by atoms with Crippen molar-refractivity contribution in [1.29, 1.82) is 0 Å². The number of rotatable bonds is 6. The van der Waals surface area contributed by atoms with Crippen LogP contribution in [-0.2, 0) is 0 Å². The number of carbonyl (C=O) groups is 1. The molecule has 0 spiro atoms. The van der Waals surface area contributed by atoms with Gasteiger partial charge in [-0.3, -0.25) is 4.79 Å². The van der Waals surface area contributed by atoms with Gasteiger partial charge in [0.05, 0.1) is 11.9 Å². The summed E-state index contributed by atoms with van der Waals surface area (Å²) in [6.45, 7) is 8.95. The lowest BCUT2D eigenvalue weighted by molar-refractivity contribution is 0.0948. The molecule has 0 atom stereocenters. The number of carbonyl (C=O) groups excluding carboxylic acids is 1. The number of hydrogen-bond donors (Lipinski definition) is 2. The van der Waals surface area contributed by atoms with Gasteiger partial charge in [-0.15, -0.1) is 0 Å². The summed E-state index contributed by atoms with van der Waals surface area (Å²) < 4.78 is 0. The zero-order chi connectivity index (χ0) is 14.4. The first-order chi connectivity index (χ1) is 8.91. The molecule has 0 bridgehead atoms. The minimum atomic E-state index is -0.217. The standard InChI is InChI=1S/C14H24N4O/c1-9(2)6-5-7-16-14(19)12-11(15)8-17-13(18-12)10(3)4/h8-10H,5-7,15H2,1-4H3,(H,16,19). The van der Waals surface area contributed by atoms with E-state index in [1.54, 1.807) is 0 Å². The van der Waals surface area contributed by atoms with Gasteiger partial charge in [0.25, 0.3) is 5.91 Å². The fourth-order valence-electron chi connectivity index (χ4n) is 1.66. The van der Waals surface area contributed by atoms with Crippen LogP contribution in [0, 0.1) is 5.92 Å². The fraction of sp³-hybridized carbons (Fsp3) is 0.643. The Morgan fingerprint density at radius 1 is 1.37 bits per heavy atom. The first-order valence-electron chi connectivity index (χ1n) is 6.82. The number of hydrogen-bond acceptors (Lipinski definition) is 4. The van der Waals surface area contributed by atoms with Crippen LogP contribution in [0.3, 0.4) is 0 Å². The number of aromatic nitrogens is 2. The highest BCUT2D eigenvalue weighted by Gasteiger charge is 2.14. The van der Waals surface area contributed by atoms with E-state index < -0.39 is 0 Å². The summed E-state index contributed by atoms with van der Waals surface area (Å²) in [5.41, 5.74) is 6.36. The average molecular weight is 264 g/mol. The van der Waals surface area contributed by atoms with Gasteiger partial charge in [-0.1, -0.05) is 27.7 Å². The molecule has 0 saturated heterocycles. The van der Waals surface area contributed by atoms with Crippen molar-refractivity contribution in [2.45, 2.75) is 46.5 Å².